The standard InChI is InChI=1S/C21H23Cl2FN2O4/c1-28-18-5-4-13(19(29-2)20(18)30-3)12-25-6-8-26(9-7-25)21(27)14-10-17(24)16(23)11-15(14)22/h4-5,10-11H,6-9,12H2,1-3H3. The summed E-state index contributed by atoms with van der Waals surface area (Å²) in [7, 11) is 4.73. The number of carbonyl (C=O) groups excluding carboxylic acids is 1. The van der Waals surface area contributed by atoms with E-state index in [1.807, 2.05) is 12.1 Å². The van der Waals surface area contributed by atoms with Crippen LogP contribution in [-0.2, 0) is 6.54 Å². The first-order chi connectivity index (χ1) is 14.4. The Bertz CT molecular complexity index is 934. The summed E-state index contributed by atoms with van der Waals surface area (Å²) in [5.41, 5.74) is 1.08. The van der Waals surface area contributed by atoms with Gasteiger partial charge in [-0.25, -0.2) is 4.39 Å². The lowest BCUT2D eigenvalue weighted by Gasteiger charge is -2.35. The molecule has 3 rings (SSSR count). The van der Waals surface area contributed by atoms with E-state index >= 15 is 0 Å². The van der Waals surface area contributed by atoms with Gasteiger partial charge in [0.25, 0.3) is 5.91 Å². The molecule has 0 spiro atoms. The summed E-state index contributed by atoms with van der Waals surface area (Å²) in [5.74, 6) is 0.799. The van der Waals surface area contributed by atoms with Gasteiger partial charge in [-0.2, -0.15) is 0 Å². The van der Waals surface area contributed by atoms with Crippen LogP contribution in [-0.4, -0.2) is 63.2 Å². The van der Waals surface area contributed by atoms with Crippen LogP contribution >= 0.6 is 23.2 Å². The summed E-state index contributed by atoms with van der Waals surface area (Å²) in [6, 6.07) is 6.13. The molecule has 2 aromatic rings. The number of benzene rings is 2. The molecule has 1 saturated heterocycles. The zero-order valence-corrected chi connectivity index (χ0v) is 18.5. The van der Waals surface area contributed by atoms with E-state index in [1.165, 1.54) is 6.07 Å². The van der Waals surface area contributed by atoms with Crippen LogP contribution in [0.25, 0.3) is 0 Å². The Kier molecular flexibility index (Phi) is 7.28. The van der Waals surface area contributed by atoms with E-state index in [2.05, 4.69) is 4.90 Å². The molecule has 0 aromatic heterocycles. The average Bonchev–Trinajstić information content (AvgIpc) is 2.75. The van der Waals surface area contributed by atoms with E-state index in [0.717, 1.165) is 11.6 Å². The lowest BCUT2D eigenvalue weighted by molar-refractivity contribution is 0.0627. The van der Waals surface area contributed by atoms with Crippen molar-refractivity contribution in [3.8, 4) is 17.2 Å². The molecule has 0 aliphatic carbocycles. The van der Waals surface area contributed by atoms with E-state index in [0.29, 0.717) is 50.0 Å². The zero-order valence-electron chi connectivity index (χ0n) is 17.0. The summed E-state index contributed by atoms with van der Waals surface area (Å²) in [6.07, 6.45) is 0. The molecule has 1 fully saturated rings. The maximum atomic E-state index is 13.8. The normalized spacial score (nSPS) is 14.5. The van der Waals surface area contributed by atoms with Crippen molar-refractivity contribution in [3.63, 3.8) is 0 Å². The molecular formula is C21H23Cl2FN2O4. The summed E-state index contributed by atoms with van der Waals surface area (Å²) >= 11 is 11.8. The Morgan fingerprint density at radius 3 is 2.23 bits per heavy atom. The van der Waals surface area contributed by atoms with Crippen LogP contribution in [0.1, 0.15) is 15.9 Å². The predicted molar refractivity (Wildman–Crippen MR) is 114 cm³/mol. The van der Waals surface area contributed by atoms with Gasteiger partial charge in [-0.3, -0.25) is 9.69 Å². The Balaban J connectivity index is 1.68. The number of piperazine rings is 1. The molecule has 1 aliphatic rings. The Morgan fingerprint density at radius 2 is 1.63 bits per heavy atom. The molecule has 6 nitrogen and oxygen atoms in total. The molecule has 0 atom stereocenters. The predicted octanol–water partition coefficient (Wildman–Crippen LogP) is 4.12. The van der Waals surface area contributed by atoms with Crippen molar-refractivity contribution in [2.45, 2.75) is 6.54 Å². The first-order valence-electron chi connectivity index (χ1n) is 9.33. The second-order valence-corrected chi connectivity index (χ2v) is 7.62. The quantitative estimate of drug-likeness (QED) is 0.612. The third-order valence-corrected chi connectivity index (χ3v) is 5.68. The van der Waals surface area contributed by atoms with Crippen molar-refractivity contribution in [1.29, 1.82) is 0 Å². The number of ether oxygens (including phenoxy) is 3. The fourth-order valence-corrected chi connectivity index (χ4v) is 3.96. The highest BCUT2D eigenvalue weighted by Crippen LogP contribution is 2.40. The number of halogens is 3. The van der Waals surface area contributed by atoms with E-state index in [1.54, 1.807) is 26.2 Å². The maximum Gasteiger partial charge on any atom is 0.255 e. The van der Waals surface area contributed by atoms with Crippen LogP contribution in [0.2, 0.25) is 10.0 Å². The van der Waals surface area contributed by atoms with Gasteiger partial charge in [0.1, 0.15) is 5.82 Å². The van der Waals surface area contributed by atoms with Crippen molar-refractivity contribution < 1.29 is 23.4 Å². The molecular weight excluding hydrogens is 434 g/mol. The zero-order chi connectivity index (χ0) is 21.8. The van der Waals surface area contributed by atoms with Gasteiger partial charge in [0.2, 0.25) is 5.75 Å². The molecule has 0 radical (unpaired) electrons. The highest BCUT2D eigenvalue weighted by molar-refractivity contribution is 6.36. The third-order valence-electron chi connectivity index (χ3n) is 5.08. The molecule has 2 aromatic carbocycles. The van der Waals surface area contributed by atoms with Crippen LogP contribution in [0, 0.1) is 5.82 Å². The number of hydrogen-bond acceptors (Lipinski definition) is 5. The van der Waals surface area contributed by atoms with E-state index < -0.39 is 5.82 Å². The SMILES string of the molecule is COc1ccc(CN2CCN(C(=O)c3cc(F)c(Cl)cc3Cl)CC2)c(OC)c1OC. The largest absolute Gasteiger partial charge is 0.493 e. The minimum absolute atomic E-state index is 0.106. The molecule has 1 aliphatic heterocycles. The van der Waals surface area contributed by atoms with Crippen LogP contribution in [0.4, 0.5) is 4.39 Å². The lowest BCUT2D eigenvalue weighted by Crippen LogP contribution is -2.48. The van der Waals surface area contributed by atoms with Crippen LogP contribution in [0.15, 0.2) is 24.3 Å². The number of methoxy groups -OCH3 is 3. The Hall–Kier alpha value is -2.22. The van der Waals surface area contributed by atoms with E-state index in [-0.39, 0.29) is 21.5 Å². The van der Waals surface area contributed by atoms with Crippen LogP contribution < -0.4 is 14.2 Å². The van der Waals surface area contributed by atoms with E-state index in [4.69, 9.17) is 37.4 Å². The van der Waals surface area contributed by atoms with Gasteiger partial charge in [-0.15, -0.1) is 0 Å². The van der Waals surface area contributed by atoms with Crippen molar-refractivity contribution in [1.82, 2.24) is 9.80 Å². The number of rotatable bonds is 6. The number of carbonyl (C=O) groups is 1. The lowest BCUT2D eigenvalue weighted by atomic mass is 10.1. The van der Waals surface area contributed by atoms with Crippen molar-refractivity contribution in [2.24, 2.45) is 0 Å². The van der Waals surface area contributed by atoms with Crippen LogP contribution in [0.5, 0.6) is 17.2 Å². The minimum atomic E-state index is -0.663. The number of amides is 1. The molecule has 162 valence electrons. The Morgan fingerprint density at radius 1 is 0.967 bits per heavy atom. The highest BCUT2D eigenvalue weighted by Gasteiger charge is 2.26. The molecule has 1 heterocycles. The van der Waals surface area contributed by atoms with Crippen molar-refractivity contribution in [2.75, 3.05) is 47.5 Å². The topological polar surface area (TPSA) is 51.2 Å². The molecule has 0 N–H and O–H groups in total. The van der Waals surface area contributed by atoms with Gasteiger partial charge in [-0.05, 0) is 18.2 Å². The second kappa shape index (κ2) is 9.73. The van der Waals surface area contributed by atoms with Gasteiger partial charge < -0.3 is 19.1 Å². The third kappa shape index (κ3) is 4.58. The van der Waals surface area contributed by atoms with Crippen molar-refractivity contribution >= 4 is 29.1 Å². The van der Waals surface area contributed by atoms with Gasteiger partial charge >= 0.3 is 0 Å². The van der Waals surface area contributed by atoms with Gasteiger partial charge in [0.15, 0.2) is 11.5 Å². The molecule has 0 unspecified atom stereocenters. The fourth-order valence-electron chi connectivity index (χ4n) is 3.49. The van der Waals surface area contributed by atoms with Crippen LogP contribution in [0.3, 0.4) is 0 Å². The molecule has 1 amide bonds. The monoisotopic (exact) mass is 456 g/mol. The smallest absolute Gasteiger partial charge is 0.255 e. The molecule has 0 bridgehead atoms. The first kappa shape index (κ1) is 22.5. The average molecular weight is 457 g/mol. The Labute approximate surface area is 185 Å². The number of hydrogen-bond donors (Lipinski definition) is 0. The minimum Gasteiger partial charge on any atom is -0.493 e. The summed E-state index contributed by atoms with van der Waals surface area (Å²) in [5, 5.41) is 0.0362. The van der Waals surface area contributed by atoms with Crippen molar-refractivity contribution in [3.05, 3.63) is 51.3 Å². The van der Waals surface area contributed by atoms with Gasteiger partial charge in [0.05, 0.1) is 36.9 Å². The second-order valence-electron chi connectivity index (χ2n) is 6.81. The van der Waals surface area contributed by atoms with Gasteiger partial charge in [-0.1, -0.05) is 29.3 Å². The maximum absolute atomic E-state index is 13.8. The molecule has 30 heavy (non-hydrogen) atoms. The highest BCUT2D eigenvalue weighted by atomic mass is 35.5. The van der Waals surface area contributed by atoms with Gasteiger partial charge in [0, 0.05) is 38.3 Å². The summed E-state index contributed by atoms with van der Waals surface area (Å²) < 4.78 is 30.1. The molecule has 0 saturated carbocycles. The summed E-state index contributed by atoms with van der Waals surface area (Å²) in [6.45, 7) is 2.92. The first-order valence-corrected chi connectivity index (χ1v) is 10.1. The number of nitrogens with zero attached hydrogens (tertiary/aromatic N) is 2. The van der Waals surface area contributed by atoms with E-state index in [9.17, 15) is 9.18 Å². The fraction of sp³-hybridized carbons (Fsp3) is 0.381. The summed E-state index contributed by atoms with van der Waals surface area (Å²) in [4.78, 5) is 16.6. The molecule has 9 heteroatoms.